The molecule has 0 unspecified atom stereocenters. The van der Waals surface area contributed by atoms with Crippen LogP contribution in [0.2, 0.25) is 0 Å². The Kier molecular flexibility index (Phi) is 2.96. The third kappa shape index (κ3) is 2.03. The number of hydrogen-bond donors (Lipinski definition) is 1. The highest BCUT2D eigenvalue weighted by molar-refractivity contribution is 9.10. The topological polar surface area (TPSA) is 38.9 Å². The van der Waals surface area contributed by atoms with Crippen molar-refractivity contribution in [1.29, 1.82) is 0 Å². The van der Waals surface area contributed by atoms with Crippen LogP contribution in [0.25, 0.3) is 10.9 Å². The van der Waals surface area contributed by atoms with Crippen molar-refractivity contribution in [2.75, 3.05) is 5.73 Å². The monoisotopic (exact) mass is 322 g/mol. The molecule has 2 aromatic rings. The zero-order valence-electron chi connectivity index (χ0n) is 9.07. The van der Waals surface area contributed by atoms with E-state index in [1.54, 1.807) is 0 Å². The number of pyridine rings is 1. The number of fused-ring (bicyclic) bond motifs is 1. The summed E-state index contributed by atoms with van der Waals surface area (Å²) in [5.41, 5.74) is 3.77. The van der Waals surface area contributed by atoms with Crippen molar-refractivity contribution in [3.05, 3.63) is 33.7 Å². The molecule has 0 atom stereocenters. The van der Waals surface area contributed by atoms with E-state index in [0.29, 0.717) is 4.47 Å². The van der Waals surface area contributed by atoms with Gasteiger partial charge in [0.1, 0.15) is 11.2 Å². The normalized spacial score (nSPS) is 12.1. The lowest BCUT2D eigenvalue weighted by atomic mass is 10.1. The van der Waals surface area contributed by atoms with Crippen molar-refractivity contribution in [1.82, 2.24) is 4.98 Å². The molecular formula is C11H7BrF4N2. The minimum atomic E-state index is -4.66. The number of alkyl halides is 3. The molecule has 1 aromatic heterocycles. The second kappa shape index (κ2) is 4.08. The van der Waals surface area contributed by atoms with Crippen LogP contribution in [-0.2, 0) is 6.18 Å². The van der Waals surface area contributed by atoms with Crippen molar-refractivity contribution >= 4 is 32.5 Å². The molecule has 2 N–H and O–H groups in total. The van der Waals surface area contributed by atoms with E-state index in [1.165, 1.54) is 13.0 Å². The van der Waals surface area contributed by atoms with Crippen LogP contribution in [0.4, 0.5) is 23.2 Å². The summed E-state index contributed by atoms with van der Waals surface area (Å²) in [7, 11) is 0. The lowest BCUT2D eigenvalue weighted by Crippen LogP contribution is -2.13. The molecule has 1 aromatic carbocycles. The third-order valence-electron chi connectivity index (χ3n) is 2.57. The van der Waals surface area contributed by atoms with Gasteiger partial charge >= 0.3 is 6.18 Å². The van der Waals surface area contributed by atoms with Gasteiger partial charge in [-0.25, -0.2) is 9.37 Å². The highest BCUT2D eigenvalue weighted by Crippen LogP contribution is 2.37. The smallest absolute Gasteiger partial charge is 0.398 e. The van der Waals surface area contributed by atoms with Gasteiger partial charge in [-0.3, -0.25) is 0 Å². The lowest BCUT2D eigenvalue weighted by Gasteiger charge is -2.14. The predicted molar refractivity (Wildman–Crippen MR) is 63.6 cm³/mol. The first kappa shape index (κ1) is 13.1. The lowest BCUT2D eigenvalue weighted by molar-refractivity contribution is -0.141. The van der Waals surface area contributed by atoms with Crippen molar-refractivity contribution in [3.63, 3.8) is 0 Å². The molecule has 0 saturated carbocycles. The fourth-order valence-corrected chi connectivity index (χ4v) is 2.12. The standard InChI is InChI=1S/C11H7BrF4N2/c1-4-8(17)6-2-5(12)3-7(13)9(6)18-10(4)11(14,15)16/h2-3H,1H3,(H2,17,18). The summed E-state index contributed by atoms with van der Waals surface area (Å²) < 4.78 is 52.2. The maximum absolute atomic E-state index is 13.6. The number of halogens is 5. The van der Waals surface area contributed by atoms with Gasteiger partial charge in [-0.05, 0) is 19.1 Å². The minimum absolute atomic E-state index is 0.118. The fourth-order valence-electron chi connectivity index (χ4n) is 1.69. The first-order valence-electron chi connectivity index (χ1n) is 4.84. The van der Waals surface area contributed by atoms with E-state index in [2.05, 4.69) is 20.9 Å². The van der Waals surface area contributed by atoms with Gasteiger partial charge in [0.2, 0.25) is 0 Å². The van der Waals surface area contributed by atoms with Gasteiger partial charge in [0.05, 0.1) is 0 Å². The number of aromatic nitrogens is 1. The molecule has 0 aliphatic heterocycles. The summed E-state index contributed by atoms with van der Waals surface area (Å²) in [6, 6.07) is 2.48. The highest BCUT2D eigenvalue weighted by atomic mass is 79.9. The number of anilines is 1. The van der Waals surface area contributed by atoms with Crippen LogP contribution in [0.5, 0.6) is 0 Å². The van der Waals surface area contributed by atoms with Crippen LogP contribution >= 0.6 is 15.9 Å². The Hall–Kier alpha value is -1.37. The van der Waals surface area contributed by atoms with Crippen LogP contribution < -0.4 is 5.73 Å². The number of benzene rings is 1. The number of hydrogen-bond acceptors (Lipinski definition) is 2. The Morgan fingerprint density at radius 2 is 1.89 bits per heavy atom. The van der Waals surface area contributed by atoms with Crippen LogP contribution in [0.15, 0.2) is 16.6 Å². The molecule has 7 heteroatoms. The molecule has 2 nitrogen and oxygen atoms in total. The second-order valence-electron chi connectivity index (χ2n) is 3.78. The highest BCUT2D eigenvalue weighted by Gasteiger charge is 2.36. The molecule has 1 heterocycles. The maximum Gasteiger partial charge on any atom is 0.433 e. The molecule has 18 heavy (non-hydrogen) atoms. The zero-order valence-corrected chi connectivity index (χ0v) is 10.7. The Bertz CT molecular complexity index is 637. The number of nitrogens with two attached hydrogens (primary N) is 1. The molecule has 0 aliphatic carbocycles. The van der Waals surface area contributed by atoms with E-state index in [1.807, 2.05) is 0 Å². The molecule has 0 radical (unpaired) electrons. The zero-order chi connectivity index (χ0) is 13.7. The van der Waals surface area contributed by atoms with E-state index < -0.39 is 17.7 Å². The van der Waals surface area contributed by atoms with Crippen molar-refractivity contribution in [2.24, 2.45) is 0 Å². The molecule has 0 spiro atoms. The van der Waals surface area contributed by atoms with E-state index in [-0.39, 0.29) is 22.2 Å². The minimum Gasteiger partial charge on any atom is -0.398 e. The van der Waals surface area contributed by atoms with Crippen LogP contribution in [0.3, 0.4) is 0 Å². The van der Waals surface area contributed by atoms with E-state index in [9.17, 15) is 17.6 Å². The first-order chi connectivity index (χ1) is 8.21. The molecule has 0 bridgehead atoms. The van der Waals surface area contributed by atoms with Crippen LogP contribution in [-0.4, -0.2) is 4.98 Å². The van der Waals surface area contributed by atoms with Gasteiger partial charge in [-0.2, -0.15) is 13.2 Å². The van der Waals surface area contributed by atoms with E-state index >= 15 is 0 Å². The molecule has 0 fully saturated rings. The largest absolute Gasteiger partial charge is 0.433 e. The SMILES string of the molecule is Cc1c(C(F)(F)F)nc2c(F)cc(Br)cc2c1N. The molecule has 0 amide bonds. The van der Waals surface area contributed by atoms with Crippen molar-refractivity contribution in [3.8, 4) is 0 Å². The summed E-state index contributed by atoms with van der Waals surface area (Å²) >= 11 is 3.05. The van der Waals surface area contributed by atoms with Gasteiger partial charge in [-0.1, -0.05) is 15.9 Å². The molecule has 0 aliphatic rings. The van der Waals surface area contributed by atoms with Gasteiger partial charge in [0.25, 0.3) is 0 Å². The average molecular weight is 323 g/mol. The Balaban J connectivity index is 2.93. The summed E-state index contributed by atoms with van der Waals surface area (Å²) in [5.74, 6) is -0.850. The molecular weight excluding hydrogens is 316 g/mol. The first-order valence-corrected chi connectivity index (χ1v) is 5.63. The van der Waals surface area contributed by atoms with Gasteiger partial charge in [0, 0.05) is 21.1 Å². The van der Waals surface area contributed by atoms with Gasteiger partial charge < -0.3 is 5.73 Å². The van der Waals surface area contributed by atoms with Crippen LogP contribution in [0, 0.1) is 12.7 Å². The second-order valence-corrected chi connectivity index (χ2v) is 4.70. The van der Waals surface area contributed by atoms with Crippen molar-refractivity contribution < 1.29 is 17.6 Å². The van der Waals surface area contributed by atoms with Gasteiger partial charge in [-0.15, -0.1) is 0 Å². The number of nitrogens with zero attached hydrogens (tertiary/aromatic N) is 1. The summed E-state index contributed by atoms with van der Waals surface area (Å²) in [4.78, 5) is 3.35. The average Bonchev–Trinajstić information content (AvgIpc) is 2.22. The molecule has 0 saturated heterocycles. The van der Waals surface area contributed by atoms with E-state index in [4.69, 9.17) is 5.73 Å². The Labute approximate surface area is 108 Å². The van der Waals surface area contributed by atoms with E-state index in [0.717, 1.165) is 6.07 Å². The Morgan fingerprint density at radius 1 is 1.28 bits per heavy atom. The summed E-state index contributed by atoms with van der Waals surface area (Å²) in [6.45, 7) is 1.21. The third-order valence-corrected chi connectivity index (χ3v) is 3.03. The fraction of sp³-hybridized carbons (Fsp3) is 0.182. The quantitative estimate of drug-likeness (QED) is 0.743. The predicted octanol–water partition coefficient (Wildman–Crippen LogP) is 4.05. The van der Waals surface area contributed by atoms with Gasteiger partial charge in [0.15, 0.2) is 5.82 Å². The maximum atomic E-state index is 13.6. The Morgan fingerprint density at radius 3 is 2.44 bits per heavy atom. The molecule has 96 valence electrons. The van der Waals surface area contributed by atoms with Crippen LogP contribution in [0.1, 0.15) is 11.3 Å². The summed E-state index contributed by atoms with van der Waals surface area (Å²) in [6.07, 6.45) is -4.66. The number of rotatable bonds is 0. The molecule has 2 rings (SSSR count). The number of nitrogen functional groups attached to an aromatic ring is 1. The van der Waals surface area contributed by atoms with Crippen molar-refractivity contribution in [2.45, 2.75) is 13.1 Å². The summed E-state index contributed by atoms with van der Waals surface area (Å²) in [5, 5.41) is 0.160.